The Kier molecular flexibility index (Phi) is 2.23. The number of hydrogen-bond donors (Lipinski definition) is 1. The van der Waals surface area contributed by atoms with Crippen LogP contribution in [0, 0.1) is 0 Å². The van der Waals surface area contributed by atoms with E-state index >= 15 is 0 Å². The Bertz CT molecular complexity index is 571. The van der Waals surface area contributed by atoms with Crippen LogP contribution in [0.5, 0.6) is 0 Å². The van der Waals surface area contributed by atoms with Gasteiger partial charge in [0.15, 0.2) is 0 Å². The average Bonchev–Trinajstić information content (AvgIpc) is 3.01. The summed E-state index contributed by atoms with van der Waals surface area (Å²) in [4.78, 5) is 8.61. The fourth-order valence-corrected chi connectivity index (χ4v) is 2.23. The summed E-state index contributed by atoms with van der Waals surface area (Å²) >= 11 is 1.60. The first kappa shape index (κ1) is 9.23. The van der Waals surface area contributed by atoms with E-state index in [1.807, 2.05) is 29.8 Å². The van der Waals surface area contributed by atoms with Gasteiger partial charge in [0, 0.05) is 29.5 Å². The van der Waals surface area contributed by atoms with Gasteiger partial charge in [0.05, 0.1) is 11.4 Å². The molecule has 0 aliphatic carbocycles. The van der Waals surface area contributed by atoms with Gasteiger partial charge in [0.1, 0.15) is 5.01 Å². The van der Waals surface area contributed by atoms with Crippen molar-refractivity contribution in [2.75, 3.05) is 0 Å². The second-order valence-corrected chi connectivity index (χ2v) is 4.11. The summed E-state index contributed by atoms with van der Waals surface area (Å²) in [6.45, 7) is 0. The molecular formula is C11H8N4S. The minimum absolute atomic E-state index is 0.918. The van der Waals surface area contributed by atoms with Crippen molar-refractivity contribution < 1.29 is 0 Å². The van der Waals surface area contributed by atoms with Crippen LogP contribution in [-0.4, -0.2) is 20.2 Å². The molecule has 78 valence electrons. The van der Waals surface area contributed by atoms with E-state index in [1.165, 1.54) is 0 Å². The number of hydrogen-bond acceptors (Lipinski definition) is 4. The largest absolute Gasteiger partial charge is 0.276 e. The van der Waals surface area contributed by atoms with Gasteiger partial charge in [0.2, 0.25) is 0 Å². The number of rotatable bonds is 2. The van der Waals surface area contributed by atoms with Crippen molar-refractivity contribution in [2.45, 2.75) is 0 Å². The molecule has 0 atom stereocenters. The molecule has 16 heavy (non-hydrogen) atoms. The van der Waals surface area contributed by atoms with Crippen LogP contribution in [0.4, 0.5) is 0 Å². The van der Waals surface area contributed by atoms with Gasteiger partial charge in [-0.2, -0.15) is 5.10 Å². The predicted molar refractivity (Wildman–Crippen MR) is 62.9 cm³/mol. The third-order valence-electron chi connectivity index (χ3n) is 2.19. The van der Waals surface area contributed by atoms with Crippen molar-refractivity contribution in [2.24, 2.45) is 0 Å². The second-order valence-electron chi connectivity index (χ2n) is 3.25. The van der Waals surface area contributed by atoms with Crippen LogP contribution >= 0.6 is 11.3 Å². The van der Waals surface area contributed by atoms with Crippen molar-refractivity contribution in [1.29, 1.82) is 0 Å². The molecule has 0 unspecified atom stereocenters. The van der Waals surface area contributed by atoms with Crippen molar-refractivity contribution in [3.8, 4) is 22.0 Å². The van der Waals surface area contributed by atoms with Gasteiger partial charge in [-0.25, -0.2) is 4.98 Å². The highest BCUT2D eigenvalue weighted by Crippen LogP contribution is 2.26. The van der Waals surface area contributed by atoms with E-state index in [2.05, 4.69) is 20.2 Å². The smallest absolute Gasteiger partial charge is 0.125 e. The van der Waals surface area contributed by atoms with Crippen molar-refractivity contribution in [3.05, 3.63) is 42.2 Å². The van der Waals surface area contributed by atoms with Gasteiger partial charge in [0.25, 0.3) is 0 Å². The molecule has 4 nitrogen and oxygen atoms in total. The first-order valence-electron chi connectivity index (χ1n) is 4.79. The molecule has 3 heterocycles. The topological polar surface area (TPSA) is 54.5 Å². The van der Waals surface area contributed by atoms with Crippen LogP contribution < -0.4 is 0 Å². The predicted octanol–water partition coefficient (Wildman–Crippen LogP) is 2.60. The van der Waals surface area contributed by atoms with E-state index in [0.29, 0.717) is 0 Å². The summed E-state index contributed by atoms with van der Waals surface area (Å²) in [5.74, 6) is 0. The molecule has 0 radical (unpaired) electrons. The van der Waals surface area contributed by atoms with Crippen molar-refractivity contribution >= 4 is 11.3 Å². The summed E-state index contributed by atoms with van der Waals surface area (Å²) in [7, 11) is 0. The molecule has 0 saturated heterocycles. The number of H-pyrrole nitrogens is 1. The summed E-state index contributed by atoms with van der Waals surface area (Å²) in [6, 6.07) is 5.82. The molecule has 0 spiro atoms. The van der Waals surface area contributed by atoms with Crippen LogP contribution in [0.1, 0.15) is 0 Å². The maximum Gasteiger partial charge on any atom is 0.125 e. The molecule has 0 aliphatic rings. The highest BCUT2D eigenvalue weighted by molar-refractivity contribution is 7.13. The van der Waals surface area contributed by atoms with Gasteiger partial charge in [-0.15, -0.1) is 11.3 Å². The zero-order valence-electron chi connectivity index (χ0n) is 8.29. The quantitative estimate of drug-likeness (QED) is 0.733. The van der Waals surface area contributed by atoms with E-state index in [9.17, 15) is 0 Å². The molecule has 0 aromatic carbocycles. The monoisotopic (exact) mass is 228 g/mol. The Balaban J connectivity index is 2.00. The molecular weight excluding hydrogens is 220 g/mol. The van der Waals surface area contributed by atoms with Gasteiger partial charge in [-0.3, -0.25) is 10.1 Å². The molecule has 0 saturated carbocycles. The highest BCUT2D eigenvalue weighted by atomic mass is 32.1. The lowest BCUT2D eigenvalue weighted by atomic mass is 10.3. The standard InChI is InChI=1S/C11H8N4S/c1-2-8(6-12-4-1)11-14-10(7-16-11)9-3-5-13-15-9/h1-7H,(H,13,15). The van der Waals surface area contributed by atoms with E-state index in [4.69, 9.17) is 0 Å². The molecule has 3 aromatic heterocycles. The fraction of sp³-hybridized carbons (Fsp3) is 0. The number of nitrogens with zero attached hydrogens (tertiary/aromatic N) is 3. The molecule has 0 fully saturated rings. The molecule has 1 N–H and O–H groups in total. The number of nitrogens with one attached hydrogen (secondary N) is 1. The van der Waals surface area contributed by atoms with Crippen LogP contribution in [0.25, 0.3) is 22.0 Å². The third kappa shape index (κ3) is 1.61. The molecule has 0 aliphatic heterocycles. The summed E-state index contributed by atoms with van der Waals surface area (Å²) < 4.78 is 0. The number of thiazole rings is 1. The zero-order chi connectivity index (χ0) is 10.8. The Labute approximate surface area is 96.0 Å². The minimum atomic E-state index is 0.918. The van der Waals surface area contributed by atoms with Gasteiger partial charge >= 0.3 is 0 Å². The van der Waals surface area contributed by atoms with E-state index < -0.39 is 0 Å². The minimum Gasteiger partial charge on any atom is -0.276 e. The number of pyridine rings is 1. The van der Waals surface area contributed by atoms with E-state index in [-0.39, 0.29) is 0 Å². The van der Waals surface area contributed by atoms with Crippen molar-refractivity contribution in [1.82, 2.24) is 20.2 Å². The van der Waals surface area contributed by atoms with Crippen molar-refractivity contribution in [3.63, 3.8) is 0 Å². The van der Waals surface area contributed by atoms with Crippen LogP contribution in [0.15, 0.2) is 42.2 Å². The van der Waals surface area contributed by atoms with Crippen LogP contribution in [0.3, 0.4) is 0 Å². The first-order valence-corrected chi connectivity index (χ1v) is 5.67. The lowest BCUT2D eigenvalue weighted by Crippen LogP contribution is -1.80. The van der Waals surface area contributed by atoms with E-state index in [1.54, 1.807) is 23.7 Å². The molecule has 3 aromatic rings. The lowest BCUT2D eigenvalue weighted by molar-refractivity contribution is 1.09. The maximum absolute atomic E-state index is 4.53. The first-order chi connectivity index (χ1) is 7.93. The van der Waals surface area contributed by atoms with Gasteiger partial charge in [-0.05, 0) is 18.2 Å². The summed E-state index contributed by atoms with van der Waals surface area (Å²) in [5, 5.41) is 9.78. The fourth-order valence-electron chi connectivity index (χ4n) is 1.42. The van der Waals surface area contributed by atoms with Gasteiger partial charge in [-0.1, -0.05) is 0 Å². The number of aromatic amines is 1. The normalized spacial score (nSPS) is 10.5. The maximum atomic E-state index is 4.53. The average molecular weight is 228 g/mol. The summed E-state index contributed by atoms with van der Waals surface area (Å²) in [6.07, 6.45) is 5.29. The number of aromatic nitrogens is 4. The Morgan fingerprint density at radius 3 is 2.94 bits per heavy atom. The summed E-state index contributed by atoms with van der Waals surface area (Å²) in [5.41, 5.74) is 2.89. The Morgan fingerprint density at radius 1 is 1.19 bits per heavy atom. The highest BCUT2D eigenvalue weighted by Gasteiger charge is 2.06. The van der Waals surface area contributed by atoms with Crippen LogP contribution in [-0.2, 0) is 0 Å². The molecule has 0 bridgehead atoms. The SMILES string of the molecule is c1cncc(-c2nc(-c3ccn[nH]3)cs2)c1. The molecule has 3 rings (SSSR count). The van der Waals surface area contributed by atoms with E-state index in [0.717, 1.165) is 22.0 Å². The second kappa shape index (κ2) is 3.86. The van der Waals surface area contributed by atoms with Crippen LogP contribution in [0.2, 0.25) is 0 Å². The Hall–Kier alpha value is -2.01. The lowest BCUT2D eigenvalue weighted by Gasteiger charge is -1.92. The Morgan fingerprint density at radius 2 is 2.19 bits per heavy atom. The third-order valence-corrected chi connectivity index (χ3v) is 3.08. The molecule has 0 amide bonds. The molecule has 5 heteroatoms. The zero-order valence-corrected chi connectivity index (χ0v) is 9.11. The van der Waals surface area contributed by atoms with Gasteiger partial charge < -0.3 is 0 Å².